The minimum Gasteiger partial charge on any atom is -0.508 e. The second kappa shape index (κ2) is 4.79. The van der Waals surface area contributed by atoms with Crippen molar-refractivity contribution in [3.8, 4) is 5.75 Å². The van der Waals surface area contributed by atoms with Gasteiger partial charge in [-0.2, -0.15) is 0 Å². The van der Waals surface area contributed by atoms with Crippen molar-refractivity contribution in [3.63, 3.8) is 0 Å². The summed E-state index contributed by atoms with van der Waals surface area (Å²) in [5, 5.41) is 15.5. The molecule has 20 heavy (non-hydrogen) atoms. The van der Waals surface area contributed by atoms with Crippen molar-refractivity contribution < 1.29 is 14.7 Å². The highest BCUT2D eigenvalue weighted by molar-refractivity contribution is 6.07. The molecule has 3 amide bonds. The molecule has 1 spiro atoms. The molecule has 1 aromatic carbocycles. The van der Waals surface area contributed by atoms with E-state index in [1.807, 2.05) is 0 Å². The Labute approximate surface area is 116 Å². The fourth-order valence-electron chi connectivity index (χ4n) is 2.85. The van der Waals surface area contributed by atoms with Crippen molar-refractivity contribution in [1.29, 1.82) is 0 Å². The highest BCUT2D eigenvalue weighted by atomic mass is 16.3. The maximum atomic E-state index is 12.5. The predicted octanol–water partition coefficient (Wildman–Crippen LogP) is 0.566. The molecule has 0 bridgehead atoms. The monoisotopic (exact) mass is 275 g/mol. The first-order valence-corrected chi connectivity index (χ1v) is 6.73. The second-order valence-electron chi connectivity index (χ2n) is 5.32. The largest absolute Gasteiger partial charge is 0.508 e. The van der Waals surface area contributed by atoms with Gasteiger partial charge in [0.1, 0.15) is 11.3 Å². The number of nitrogens with one attached hydrogen (secondary N) is 2. The Morgan fingerprint density at radius 1 is 1.25 bits per heavy atom. The van der Waals surface area contributed by atoms with Gasteiger partial charge in [0.15, 0.2) is 0 Å². The molecule has 2 saturated heterocycles. The summed E-state index contributed by atoms with van der Waals surface area (Å²) in [6.45, 7) is 1.65. The van der Waals surface area contributed by atoms with Crippen LogP contribution in [0, 0.1) is 0 Å². The van der Waals surface area contributed by atoms with Crippen LogP contribution in [0.15, 0.2) is 24.3 Å². The Kier molecular flexibility index (Phi) is 3.10. The SMILES string of the molecule is O=C1NC2(CCNCC2)C(=O)N1Cc1cccc(O)c1. The van der Waals surface area contributed by atoms with Crippen LogP contribution in [0.4, 0.5) is 4.79 Å². The third-order valence-electron chi connectivity index (χ3n) is 3.95. The molecule has 3 rings (SSSR count). The number of carbonyl (C=O) groups excluding carboxylic acids is 2. The number of hydrogen-bond donors (Lipinski definition) is 3. The number of phenolic OH excluding ortho intramolecular Hbond substituents is 1. The van der Waals surface area contributed by atoms with Gasteiger partial charge < -0.3 is 15.7 Å². The Balaban J connectivity index is 1.80. The summed E-state index contributed by atoms with van der Waals surface area (Å²) >= 11 is 0. The van der Waals surface area contributed by atoms with E-state index in [0.717, 1.165) is 18.7 Å². The van der Waals surface area contributed by atoms with Gasteiger partial charge in [0.2, 0.25) is 0 Å². The smallest absolute Gasteiger partial charge is 0.325 e. The summed E-state index contributed by atoms with van der Waals surface area (Å²) in [7, 11) is 0. The number of carbonyl (C=O) groups is 2. The van der Waals surface area contributed by atoms with E-state index in [1.165, 1.54) is 4.90 Å². The molecule has 3 N–H and O–H groups in total. The fourth-order valence-corrected chi connectivity index (χ4v) is 2.85. The van der Waals surface area contributed by atoms with Crippen LogP contribution in [0.5, 0.6) is 5.75 Å². The van der Waals surface area contributed by atoms with Crippen molar-refractivity contribution in [3.05, 3.63) is 29.8 Å². The van der Waals surface area contributed by atoms with Crippen LogP contribution in [0.25, 0.3) is 0 Å². The molecule has 1 aromatic rings. The predicted molar refractivity (Wildman–Crippen MR) is 72.0 cm³/mol. The van der Waals surface area contributed by atoms with E-state index in [-0.39, 0.29) is 24.2 Å². The molecule has 0 aliphatic carbocycles. The first kappa shape index (κ1) is 12.9. The summed E-state index contributed by atoms with van der Waals surface area (Å²) in [6, 6.07) is 6.26. The molecule has 2 heterocycles. The van der Waals surface area contributed by atoms with Gasteiger partial charge in [-0.15, -0.1) is 0 Å². The molecule has 6 nitrogen and oxygen atoms in total. The minimum absolute atomic E-state index is 0.131. The first-order chi connectivity index (χ1) is 9.61. The van der Waals surface area contributed by atoms with Gasteiger partial charge in [-0.25, -0.2) is 4.79 Å². The number of aromatic hydroxyl groups is 1. The first-order valence-electron chi connectivity index (χ1n) is 6.73. The average molecular weight is 275 g/mol. The zero-order valence-electron chi connectivity index (χ0n) is 11.1. The van der Waals surface area contributed by atoms with Crippen molar-refractivity contribution in [2.75, 3.05) is 13.1 Å². The molecular formula is C14H17N3O3. The molecule has 0 atom stereocenters. The fraction of sp³-hybridized carbons (Fsp3) is 0.429. The molecule has 2 aliphatic rings. The third-order valence-corrected chi connectivity index (χ3v) is 3.95. The zero-order chi connectivity index (χ0) is 14.2. The lowest BCUT2D eigenvalue weighted by Gasteiger charge is -2.31. The van der Waals surface area contributed by atoms with Gasteiger partial charge >= 0.3 is 6.03 Å². The van der Waals surface area contributed by atoms with Gasteiger partial charge in [-0.05, 0) is 43.6 Å². The number of amides is 3. The van der Waals surface area contributed by atoms with Gasteiger partial charge in [0, 0.05) is 0 Å². The second-order valence-corrected chi connectivity index (χ2v) is 5.32. The molecular weight excluding hydrogens is 258 g/mol. The highest BCUT2D eigenvalue weighted by Crippen LogP contribution is 2.28. The topological polar surface area (TPSA) is 81.7 Å². The maximum absolute atomic E-state index is 12.5. The lowest BCUT2D eigenvalue weighted by molar-refractivity contribution is -0.132. The molecule has 6 heteroatoms. The number of piperidine rings is 1. The number of nitrogens with zero attached hydrogens (tertiary/aromatic N) is 1. The van der Waals surface area contributed by atoms with E-state index < -0.39 is 5.54 Å². The van der Waals surface area contributed by atoms with Crippen LogP contribution in [0.2, 0.25) is 0 Å². The van der Waals surface area contributed by atoms with Crippen molar-refractivity contribution in [2.24, 2.45) is 0 Å². The van der Waals surface area contributed by atoms with Gasteiger partial charge in [0.05, 0.1) is 6.54 Å². The van der Waals surface area contributed by atoms with E-state index in [4.69, 9.17) is 0 Å². The summed E-state index contributed by atoms with van der Waals surface area (Å²) in [6.07, 6.45) is 1.24. The molecule has 106 valence electrons. The lowest BCUT2D eigenvalue weighted by atomic mass is 9.88. The number of urea groups is 1. The number of imide groups is 1. The molecule has 2 fully saturated rings. The van der Waals surface area contributed by atoms with Gasteiger partial charge in [-0.1, -0.05) is 12.1 Å². The number of rotatable bonds is 2. The van der Waals surface area contributed by atoms with Crippen LogP contribution in [-0.2, 0) is 11.3 Å². The number of benzene rings is 1. The Morgan fingerprint density at radius 3 is 2.70 bits per heavy atom. The van der Waals surface area contributed by atoms with Crippen LogP contribution in [0.3, 0.4) is 0 Å². The maximum Gasteiger partial charge on any atom is 0.325 e. The van der Waals surface area contributed by atoms with E-state index in [1.54, 1.807) is 24.3 Å². The van der Waals surface area contributed by atoms with E-state index in [0.29, 0.717) is 12.8 Å². The lowest BCUT2D eigenvalue weighted by Crippen LogP contribution is -2.53. The van der Waals surface area contributed by atoms with Crippen LogP contribution < -0.4 is 10.6 Å². The van der Waals surface area contributed by atoms with Crippen molar-refractivity contribution in [2.45, 2.75) is 24.9 Å². The molecule has 0 unspecified atom stereocenters. The van der Waals surface area contributed by atoms with E-state index >= 15 is 0 Å². The molecule has 0 aromatic heterocycles. The molecule has 0 saturated carbocycles. The van der Waals surface area contributed by atoms with Gasteiger partial charge in [0.25, 0.3) is 5.91 Å². The van der Waals surface area contributed by atoms with E-state index in [9.17, 15) is 14.7 Å². The van der Waals surface area contributed by atoms with E-state index in [2.05, 4.69) is 10.6 Å². The summed E-state index contributed by atoms with van der Waals surface area (Å²) in [5.74, 6) is -0.0292. The van der Waals surface area contributed by atoms with Crippen LogP contribution in [-0.4, -0.2) is 40.6 Å². The minimum atomic E-state index is -0.737. The van der Waals surface area contributed by atoms with Crippen LogP contribution in [0.1, 0.15) is 18.4 Å². The Bertz CT molecular complexity index is 552. The van der Waals surface area contributed by atoms with Gasteiger partial charge in [-0.3, -0.25) is 9.69 Å². The normalized spacial score (nSPS) is 21.3. The summed E-state index contributed by atoms with van der Waals surface area (Å²) in [5.41, 5.74) is -0.00131. The molecule has 0 radical (unpaired) electrons. The summed E-state index contributed by atoms with van der Waals surface area (Å²) < 4.78 is 0. The van der Waals surface area contributed by atoms with Crippen LogP contribution >= 0.6 is 0 Å². The molecule has 2 aliphatic heterocycles. The Hall–Kier alpha value is -2.08. The quantitative estimate of drug-likeness (QED) is 0.689. The zero-order valence-corrected chi connectivity index (χ0v) is 11.1. The standard InChI is InChI=1S/C14H17N3O3/c18-11-3-1-2-10(8-11)9-17-12(19)14(16-13(17)20)4-6-15-7-5-14/h1-3,8,15,18H,4-7,9H2,(H,16,20). The Morgan fingerprint density at radius 2 is 2.00 bits per heavy atom. The number of hydrogen-bond acceptors (Lipinski definition) is 4. The number of phenols is 1. The highest BCUT2D eigenvalue weighted by Gasteiger charge is 2.51. The average Bonchev–Trinajstić information content (AvgIpc) is 2.64. The third kappa shape index (κ3) is 2.12. The summed E-state index contributed by atoms with van der Waals surface area (Å²) in [4.78, 5) is 25.8. The van der Waals surface area contributed by atoms with Crippen molar-refractivity contribution >= 4 is 11.9 Å². The van der Waals surface area contributed by atoms with Crippen molar-refractivity contribution in [1.82, 2.24) is 15.5 Å².